The molecule has 3 aromatic heterocycles. The molecule has 7 heteroatoms. The first-order valence-corrected chi connectivity index (χ1v) is 12.5. The fraction of sp³-hybridized carbons (Fsp3) is 0.0625. The maximum absolute atomic E-state index is 13.2. The number of pyridine rings is 3. The SMILES string of the molecule is COc1cc2nccc(Oc3cc4cccnc4nc3-c3ccccc3)c2cc1C(=O)NCc1ccccc1. The lowest BCUT2D eigenvalue weighted by Crippen LogP contribution is -2.23. The standard InChI is InChI=1S/C32H24N4O3/c1-38-28-19-26-24(18-25(28)32(37)35-20-21-9-4-2-5-10-21)27(14-16-33-26)39-29-17-23-13-8-15-34-31(23)36-30(29)22-11-6-3-7-12-22/h2-19H,20H2,1H3,(H,35,37). The molecule has 0 fully saturated rings. The third kappa shape index (κ3) is 4.98. The van der Waals surface area contributed by atoms with Crippen molar-refractivity contribution in [1.29, 1.82) is 0 Å². The summed E-state index contributed by atoms with van der Waals surface area (Å²) in [6.07, 6.45) is 3.39. The van der Waals surface area contributed by atoms with Gasteiger partial charge in [-0.15, -0.1) is 0 Å². The van der Waals surface area contributed by atoms with Crippen molar-refractivity contribution in [3.05, 3.63) is 121 Å². The number of carbonyl (C=O) groups excluding carboxylic acids is 1. The van der Waals surface area contributed by atoms with Crippen molar-refractivity contribution in [2.75, 3.05) is 7.11 Å². The lowest BCUT2D eigenvalue weighted by molar-refractivity contribution is 0.0948. The van der Waals surface area contributed by atoms with Crippen LogP contribution < -0.4 is 14.8 Å². The predicted octanol–water partition coefficient (Wildman–Crippen LogP) is 6.58. The molecule has 190 valence electrons. The molecule has 0 atom stereocenters. The van der Waals surface area contributed by atoms with Crippen LogP contribution in [0.2, 0.25) is 0 Å². The van der Waals surface area contributed by atoms with Gasteiger partial charge in [-0.2, -0.15) is 0 Å². The van der Waals surface area contributed by atoms with Gasteiger partial charge in [-0.1, -0.05) is 60.7 Å². The number of ether oxygens (including phenoxy) is 2. The molecule has 6 rings (SSSR count). The van der Waals surface area contributed by atoms with Crippen LogP contribution in [0.5, 0.6) is 17.2 Å². The van der Waals surface area contributed by atoms with E-state index in [0.717, 1.165) is 16.5 Å². The quantitative estimate of drug-likeness (QED) is 0.260. The first-order valence-electron chi connectivity index (χ1n) is 12.5. The van der Waals surface area contributed by atoms with Crippen LogP contribution in [0, 0.1) is 0 Å². The van der Waals surface area contributed by atoms with Crippen LogP contribution in [0.4, 0.5) is 0 Å². The van der Waals surface area contributed by atoms with Crippen LogP contribution in [0.3, 0.4) is 0 Å². The van der Waals surface area contributed by atoms with Crippen molar-refractivity contribution in [2.45, 2.75) is 6.54 Å². The monoisotopic (exact) mass is 512 g/mol. The third-order valence-electron chi connectivity index (χ3n) is 6.39. The summed E-state index contributed by atoms with van der Waals surface area (Å²) >= 11 is 0. The first-order chi connectivity index (χ1) is 19.2. The number of nitrogens with one attached hydrogen (secondary N) is 1. The normalized spacial score (nSPS) is 10.9. The molecule has 3 heterocycles. The number of amides is 1. The van der Waals surface area contributed by atoms with E-state index in [0.29, 0.717) is 51.6 Å². The molecular formula is C32H24N4O3. The summed E-state index contributed by atoms with van der Waals surface area (Å²) in [6, 6.07) is 30.6. The fourth-order valence-electron chi connectivity index (χ4n) is 4.44. The lowest BCUT2D eigenvalue weighted by atomic mass is 10.1. The maximum Gasteiger partial charge on any atom is 0.255 e. The predicted molar refractivity (Wildman–Crippen MR) is 151 cm³/mol. The molecule has 3 aromatic carbocycles. The van der Waals surface area contributed by atoms with Crippen LogP contribution in [0.25, 0.3) is 33.2 Å². The highest BCUT2D eigenvalue weighted by molar-refractivity contribution is 6.02. The number of methoxy groups -OCH3 is 1. The molecule has 0 bridgehead atoms. The summed E-state index contributed by atoms with van der Waals surface area (Å²) in [5.41, 5.74) is 4.24. The molecule has 0 unspecified atom stereocenters. The van der Waals surface area contributed by atoms with Gasteiger partial charge in [-0.05, 0) is 35.9 Å². The van der Waals surface area contributed by atoms with Crippen molar-refractivity contribution in [3.8, 4) is 28.5 Å². The minimum Gasteiger partial charge on any atom is -0.496 e. The molecule has 0 aliphatic rings. The van der Waals surface area contributed by atoms with Crippen LogP contribution >= 0.6 is 0 Å². The average Bonchev–Trinajstić information content (AvgIpc) is 3.00. The second-order valence-corrected chi connectivity index (χ2v) is 8.90. The molecule has 0 saturated carbocycles. The zero-order chi connectivity index (χ0) is 26.6. The minimum atomic E-state index is -0.254. The Morgan fingerprint density at radius 1 is 0.795 bits per heavy atom. The highest BCUT2D eigenvalue weighted by Crippen LogP contribution is 2.38. The minimum absolute atomic E-state index is 0.254. The molecule has 0 aliphatic carbocycles. The van der Waals surface area contributed by atoms with Gasteiger partial charge in [-0.3, -0.25) is 9.78 Å². The summed E-state index contributed by atoms with van der Waals surface area (Å²) in [4.78, 5) is 27.0. The molecule has 1 N–H and O–H groups in total. The van der Waals surface area contributed by atoms with E-state index >= 15 is 0 Å². The number of nitrogens with zero attached hydrogens (tertiary/aromatic N) is 3. The number of hydrogen-bond acceptors (Lipinski definition) is 6. The summed E-state index contributed by atoms with van der Waals surface area (Å²) < 4.78 is 12.1. The van der Waals surface area contributed by atoms with Gasteiger partial charge >= 0.3 is 0 Å². The van der Waals surface area contributed by atoms with Crippen LogP contribution in [-0.2, 0) is 6.54 Å². The van der Waals surface area contributed by atoms with E-state index in [1.54, 1.807) is 30.6 Å². The Bertz CT molecular complexity index is 1790. The molecule has 7 nitrogen and oxygen atoms in total. The average molecular weight is 513 g/mol. The lowest BCUT2D eigenvalue weighted by Gasteiger charge is -2.15. The Kier molecular flexibility index (Phi) is 6.53. The molecule has 0 radical (unpaired) electrons. The third-order valence-corrected chi connectivity index (χ3v) is 6.39. The van der Waals surface area contributed by atoms with Gasteiger partial charge in [-0.25, -0.2) is 9.97 Å². The summed E-state index contributed by atoms with van der Waals surface area (Å²) in [7, 11) is 1.54. The zero-order valence-electron chi connectivity index (χ0n) is 21.2. The van der Waals surface area contributed by atoms with E-state index in [4.69, 9.17) is 14.5 Å². The fourth-order valence-corrected chi connectivity index (χ4v) is 4.44. The van der Waals surface area contributed by atoms with Crippen LogP contribution in [0.1, 0.15) is 15.9 Å². The van der Waals surface area contributed by atoms with Crippen LogP contribution in [0.15, 0.2) is 109 Å². The van der Waals surface area contributed by atoms with E-state index < -0.39 is 0 Å². The van der Waals surface area contributed by atoms with E-state index in [-0.39, 0.29) is 5.91 Å². The van der Waals surface area contributed by atoms with Gasteiger partial charge in [0.05, 0.1) is 18.2 Å². The Balaban J connectivity index is 1.42. The Labute approximate surface area is 225 Å². The van der Waals surface area contributed by atoms with E-state index in [1.165, 1.54) is 7.11 Å². The van der Waals surface area contributed by atoms with Gasteiger partial charge < -0.3 is 14.8 Å². The van der Waals surface area contributed by atoms with E-state index in [1.807, 2.05) is 78.9 Å². The molecule has 0 spiro atoms. The summed E-state index contributed by atoms with van der Waals surface area (Å²) in [5.74, 6) is 1.29. The van der Waals surface area contributed by atoms with Gasteiger partial charge in [0, 0.05) is 41.3 Å². The molecule has 6 aromatic rings. The van der Waals surface area contributed by atoms with Gasteiger partial charge in [0.15, 0.2) is 11.4 Å². The zero-order valence-corrected chi connectivity index (χ0v) is 21.2. The highest BCUT2D eigenvalue weighted by atomic mass is 16.5. The Morgan fingerprint density at radius 3 is 2.38 bits per heavy atom. The molecule has 0 aliphatic heterocycles. The topological polar surface area (TPSA) is 86.2 Å². The number of aromatic nitrogens is 3. The maximum atomic E-state index is 13.2. The Morgan fingerprint density at radius 2 is 1.59 bits per heavy atom. The molecular weight excluding hydrogens is 488 g/mol. The first kappa shape index (κ1) is 24.1. The van der Waals surface area contributed by atoms with Crippen molar-refractivity contribution in [3.63, 3.8) is 0 Å². The second-order valence-electron chi connectivity index (χ2n) is 8.90. The number of carbonyl (C=O) groups is 1. The number of hydrogen-bond donors (Lipinski definition) is 1. The molecule has 0 saturated heterocycles. The van der Waals surface area contributed by atoms with Crippen molar-refractivity contribution < 1.29 is 14.3 Å². The van der Waals surface area contributed by atoms with Crippen molar-refractivity contribution in [1.82, 2.24) is 20.3 Å². The Hall–Kier alpha value is -5.30. The van der Waals surface area contributed by atoms with Gasteiger partial charge in [0.25, 0.3) is 5.91 Å². The van der Waals surface area contributed by atoms with E-state index in [2.05, 4.69) is 15.3 Å². The number of fused-ring (bicyclic) bond motifs is 2. The summed E-state index contributed by atoms with van der Waals surface area (Å²) in [5, 5.41) is 4.51. The van der Waals surface area contributed by atoms with Crippen LogP contribution in [-0.4, -0.2) is 28.0 Å². The number of rotatable bonds is 7. The van der Waals surface area contributed by atoms with Gasteiger partial charge in [0.2, 0.25) is 0 Å². The highest BCUT2D eigenvalue weighted by Gasteiger charge is 2.18. The summed E-state index contributed by atoms with van der Waals surface area (Å²) in [6.45, 7) is 0.397. The van der Waals surface area contributed by atoms with Crippen molar-refractivity contribution >= 4 is 27.8 Å². The number of benzene rings is 3. The van der Waals surface area contributed by atoms with Gasteiger partial charge in [0.1, 0.15) is 17.2 Å². The van der Waals surface area contributed by atoms with Crippen molar-refractivity contribution in [2.24, 2.45) is 0 Å². The molecule has 1 amide bonds. The largest absolute Gasteiger partial charge is 0.496 e. The second kappa shape index (κ2) is 10.6. The van der Waals surface area contributed by atoms with E-state index in [9.17, 15) is 4.79 Å². The molecule has 39 heavy (non-hydrogen) atoms. The smallest absolute Gasteiger partial charge is 0.255 e.